The molecule has 2 rings (SSSR count). The molecule has 1 aromatic rings. The third-order valence-electron chi connectivity index (χ3n) is 2.50. The van der Waals surface area contributed by atoms with Gasteiger partial charge in [0.15, 0.2) is 0 Å². The Bertz CT molecular complexity index is 576. The van der Waals surface area contributed by atoms with Gasteiger partial charge in [-0.05, 0) is 19.9 Å². The molecule has 86 valence electrons. The number of hydrogen-bond donors (Lipinski definition) is 2. The Morgan fingerprint density at radius 3 is 2.44 bits per heavy atom. The largest absolute Gasteiger partial charge is 0.507 e. The van der Waals surface area contributed by atoms with Crippen LogP contribution >= 0.6 is 0 Å². The number of phenols is 1. The zero-order valence-electron chi connectivity index (χ0n) is 8.93. The molecule has 0 saturated heterocycles. The van der Waals surface area contributed by atoms with Crippen molar-refractivity contribution in [3.8, 4) is 5.75 Å². The van der Waals surface area contributed by atoms with Gasteiger partial charge in [0.1, 0.15) is 10.6 Å². The van der Waals surface area contributed by atoms with Gasteiger partial charge in [0, 0.05) is 16.5 Å². The van der Waals surface area contributed by atoms with Crippen LogP contribution < -0.4 is 0 Å². The molecule has 1 heterocycles. The van der Waals surface area contributed by atoms with Crippen LogP contribution in [0.5, 0.6) is 5.75 Å². The Morgan fingerprint density at radius 2 is 1.88 bits per heavy atom. The Hall–Kier alpha value is -1.33. The molecule has 4 nitrogen and oxygen atoms in total. The Kier molecular flexibility index (Phi) is 2.15. The number of phenolic OH excluding ortho intramolecular Hbond substituents is 1. The number of sulfone groups is 1. The summed E-state index contributed by atoms with van der Waals surface area (Å²) in [5.41, 5.74) is -0.586. The molecule has 0 unspecified atom stereocenters. The SMILES string of the molecule is CC(C)(O)C1=CS(=O)(=O)c2c(O)cccc21. The average Bonchev–Trinajstić information content (AvgIpc) is 2.39. The van der Waals surface area contributed by atoms with Gasteiger partial charge in [-0.25, -0.2) is 8.42 Å². The van der Waals surface area contributed by atoms with Gasteiger partial charge in [-0.2, -0.15) is 0 Å². The highest BCUT2D eigenvalue weighted by molar-refractivity contribution is 7.95. The first kappa shape index (κ1) is 11.2. The molecule has 1 aliphatic heterocycles. The number of rotatable bonds is 1. The maximum atomic E-state index is 11.8. The smallest absolute Gasteiger partial charge is 0.204 e. The van der Waals surface area contributed by atoms with Crippen molar-refractivity contribution in [2.45, 2.75) is 24.3 Å². The minimum absolute atomic E-state index is 0.118. The molecule has 0 atom stereocenters. The lowest BCUT2D eigenvalue weighted by Gasteiger charge is -2.19. The number of aliphatic hydroxyl groups is 1. The zero-order valence-corrected chi connectivity index (χ0v) is 9.75. The standard InChI is InChI=1S/C11H12O4S/c1-11(2,13)8-6-16(14,15)10-7(8)4-3-5-9(10)12/h3-6,12-13H,1-2H3. The predicted molar refractivity (Wildman–Crippen MR) is 59.6 cm³/mol. The third kappa shape index (κ3) is 1.52. The minimum atomic E-state index is -3.64. The quantitative estimate of drug-likeness (QED) is 0.775. The Balaban J connectivity index is 2.81. The van der Waals surface area contributed by atoms with E-state index in [0.717, 1.165) is 5.41 Å². The molecule has 2 N–H and O–H groups in total. The molecule has 0 bridgehead atoms. The van der Waals surface area contributed by atoms with Gasteiger partial charge >= 0.3 is 0 Å². The first-order chi connectivity index (χ1) is 7.23. The van der Waals surface area contributed by atoms with Gasteiger partial charge in [-0.3, -0.25) is 0 Å². The van der Waals surface area contributed by atoms with E-state index in [9.17, 15) is 18.6 Å². The van der Waals surface area contributed by atoms with Crippen LogP contribution in [0.2, 0.25) is 0 Å². The van der Waals surface area contributed by atoms with E-state index in [1.54, 1.807) is 12.1 Å². The highest BCUT2D eigenvalue weighted by Gasteiger charge is 2.36. The fourth-order valence-electron chi connectivity index (χ4n) is 1.79. The van der Waals surface area contributed by atoms with Gasteiger partial charge in [0.05, 0.1) is 5.60 Å². The van der Waals surface area contributed by atoms with Crippen molar-refractivity contribution >= 4 is 15.4 Å². The molecule has 0 saturated carbocycles. The summed E-state index contributed by atoms with van der Waals surface area (Å²) in [6.45, 7) is 3.01. The zero-order chi connectivity index (χ0) is 12.1. The molecule has 0 fully saturated rings. The molecule has 0 aromatic heterocycles. The second-order valence-corrected chi connectivity index (χ2v) is 6.02. The fourth-order valence-corrected chi connectivity index (χ4v) is 3.47. The first-order valence-electron chi connectivity index (χ1n) is 4.75. The van der Waals surface area contributed by atoms with Crippen molar-refractivity contribution in [1.29, 1.82) is 0 Å². The lowest BCUT2D eigenvalue weighted by Crippen LogP contribution is -2.19. The van der Waals surface area contributed by atoms with Crippen molar-refractivity contribution in [3.63, 3.8) is 0 Å². The van der Waals surface area contributed by atoms with E-state index in [2.05, 4.69) is 0 Å². The normalized spacial score (nSPS) is 18.1. The van der Waals surface area contributed by atoms with Gasteiger partial charge in [0.2, 0.25) is 9.84 Å². The third-order valence-corrected chi connectivity index (χ3v) is 4.05. The molecule has 0 spiro atoms. The summed E-state index contributed by atoms with van der Waals surface area (Å²) in [5.74, 6) is -0.284. The van der Waals surface area contributed by atoms with Crippen LogP contribution in [0.1, 0.15) is 19.4 Å². The summed E-state index contributed by atoms with van der Waals surface area (Å²) in [6, 6.07) is 4.44. The van der Waals surface area contributed by atoms with Gasteiger partial charge in [-0.1, -0.05) is 12.1 Å². The Labute approximate surface area is 93.8 Å². The van der Waals surface area contributed by atoms with Crippen LogP contribution in [0.3, 0.4) is 0 Å². The summed E-state index contributed by atoms with van der Waals surface area (Å²) in [6.07, 6.45) is 0. The van der Waals surface area contributed by atoms with E-state index in [1.807, 2.05) is 0 Å². The van der Waals surface area contributed by atoms with Crippen molar-refractivity contribution in [3.05, 3.63) is 29.2 Å². The maximum Gasteiger partial charge on any atom is 0.204 e. The van der Waals surface area contributed by atoms with Crippen LogP contribution in [0.15, 0.2) is 28.5 Å². The summed E-state index contributed by atoms with van der Waals surface area (Å²) in [7, 11) is -3.64. The van der Waals surface area contributed by atoms with Gasteiger partial charge < -0.3 is 10.2 Å². The molecule has 1 aromatic carbocycles. The van der Waals surface area contributed by atoms with Crippen LogP contribution in [-0.2, 0) is 9.84 Å². The molecule has 0 amide bonds. The molecule has 16 heavy (non-hydrogen) atoms. The van der Waals surface area contributed by atoms with E-state index in [0.29, 0.717) is 11.1 Å². The van der Waals surface area contributed by atoms with Gasteiger partial charge in [-0.15, -0.1) is 0 Å². The number of fused-ring (bicyclic) bond motifs is 1. The predicted octanol–water partition coefficient (Wildman–Crippen LogP) is 1.29. The average molecular weight is 240 g/mol. The monoisotopic (exact) mass is 240 g/mol. The maximum absolute atomic E-state index is 11.8. The van der Waals surface area contributed by atoms with E-state index >= 15 is 0 Å². The van der Waals surface area contributed by atoms with E-state index in [-0.39, 0.29) is 10.6 Å². The molecular formula is C11H12O4S. The fraction of sp³-hybridized carbons (Fsp3) is 0.273. The first-order valence-corrected chi connectivity index (χ1v) is 6.30. The van der Waals surface area contributed by atoms with Crippen molar-refractivity contribution < 1.29 is 18.6 Å². The number of hydrogen-bond acceptors (Lipinski definition) is 4. The summed E-state index contributed by atoms with van der Waals surface area (Å²) in [4.78, 5) is -0.118. The summed E-state index contributed by atoms with van der Waals surface area (Å²) in [5, 5.41) is 20.4. The second-order valence-electron chi connectivity index (χ2n) is 4.29. The topological polar surface area (TPSA) is 74.6 Å². The van der Waals surface area contributed by atoms with E-state index in [1.165, 1.54) is 19.9 Å². The molecular weight excluding hydrogens is 228 g/mol. The van der Waals surface area contributed by atoms with Crippen LogP contribution in [0.4, 0.5) is 0 Å². The molecule has 0 radical (unpaired) electrons. The van der Waals surface area contributed by atoms with Crippen molar-refractivity contribution in [2.75, 3.05) is 0 Å². The number of aromatic hydroxyl groups is 1. The highest BCUT2D eigenvalue weighted by atomic mass is 32.2. The van der Waals surface area contributed by atoms with Gasteiger partial charge in [0.25, 0.3) is 0 Å². The minimum Gasteiger partial charge on any atom is -0.507 e. The number of benzene rings is 1. The lowest BCUT2D eigenvalue weighted by atomic mass is 9.93. The molecule has 5 heteroatoms. The lowest BCUT2D eigenvalue weighted by molar-refractivity contribution is 0.144. The van der Waals surface area contributed by atoms with Crippen LogP contribution in [-0.4, -0.2) is 24.2 Å². The summed E-state index contributed by atoms with van der Waals surface area (Å²) >= 11 is 0. The van der Waals surface area contributed by atoms with E-state index < -0.39 is 15.4 Å². The summed E-state index contributed by atoms with van der Waals surface area (Å²) < 4.78 is 23.6. The van der Waals surface area contributed by atoms with E-state index in [4.69, 9.17) is 0 Å². The highest BCUT2D eigenvalue weighted by Crippen LogP contribution is 2.42. The molecule has 1 aliphatic rings. The van der Waals surface area contributed by atoms with Crippen LogP contribution in [0.25, 0.3) is 5.57 Å². The van der Waals surface area contributed by atoms with Crippen molar-refractivity contribution in [2.24, 2.45) is 0 Å². The van der Waals surface area contributed by atoms with Crippen LogP contribution in [0, 0.1) is 0 Å². The second kappa shape index (κ2) is 3.09. The molecule has 0 aliphatic carbocycles. The Morgan fingerprint density at radius 1 is 1.25 bits per heavy atom. The van der Waals surface area contributed by atoms with Crippen molar-refractivity contribution in [1.82, 2.24) is 0 Å².